The van der Waals surface area contributed by atoms with Crippen molar-refractivity contribution in [2.24, 2.45) is 0 Å². The van der Waals surface area contributed by atoms with Crippen LogP contribution in [0.1, 0.15) is 11.1 Å². The van der Waals surface area contributed by atoms with E-state index in [2.05, 4.69) is 34.5 Å². The van der Waals surface area contributed by atoms with Crippen molar-refractivity contribution in [3.8, 4) is 0 Å². The molecule has 1 aliphatic heterocycles. The summed E-state index contributed by atoms with van der Waals surface area (Å²) in [7, 11) is 5.48. The Hall–Kier alpha value is -0.940. The Kier molecular flexibility index (Phi) is 5.34. The van der Waals surface area contributed by atoms with Gasteiger partial charge in [0, 0.05) is 40.4 Å². The van der Waals surface area contributed by atoms with Gasteiger partial charge in [-0.05, 0) is 18.2 Å². The summed E-state index contributed by atoms with van der Waals surface area (Å²) in [5.74, 6) is 0. The molecule has 1 aromatic rings. The third kappa shape index (κ3) is 3.76. The number of rotatable bonds is 6. The van der Waals surface area contributed by atoms with E-state index in [0.717, 1.165) is 26.2 Å². The van der Waals surface area contributed by atoms with Crippen molar-refractivity contribution in [3.63, 3.8) is 0 Å². The molecular formula is C15H24N2O2. The Bertz CT molecular complexity index is 368. The monoisotopic (exact) mass is 264 g/mol. The summed E-state index contributed by atoms with van der Waals surface area (Å²) in [5, 5.41) is 3.16. The van der Waals surface area contributed by atoms with Crippen molar-refractivity contribution in [2.75, 3.05) is 34.4 Å². The zero-order valence-electron chi connectivity index (χ0n) is 12.1. The lowest BCUT2D eigenvalue weighted by Crippen LogP contribution is -2.27. The summed E-state index contributed by atoms with van der Waals surface area (Å²) in [6.45, 7) is 3.75. The van der Waals surface area contributed by atoms with Gasteiger partial charge < -0.3 is 14.8 Å². The number of likely N-dealkylation sites (tertiary alicyclic amines) is 1. The SMILES string of the molecule is CNCc1ccc(CN2CC(OC)C(OC)C2)cc1. The first-order valence-electron chi connectivity index (χ1n) is 6.77. The molecule has 0 amide bonds. The summed E-state index contributed by atoms with van der Waals surface area (Å²) in [6, 6.07) is 8.77. The van der Waals surface area contributed by atoms with Crippen molar-refractivity contribution >= 4 is 0 Å². The molecule has 1 aliphatic rings. The van der Waals surface area contributed by atoms with Crippen LogP contribution in [-0.4, -0.2) is 51.5 Å². The second kappa shape index (κ2) is 7.01. The Morgan fingerprint density at radius 3 is 2.05 bits per heavy atom. The highest BCUT2D eigenvalue weighted by molar-refractivity contribution is 5.22. The van der Waals surface area contributed by atoms with Gasteiger partial charge in [0.15, 0.2) is 0 Å². The van der Waals surface area contributed by atoms with Crippen molar-refractivity contribution in [1.29, 1.82) is 0 Å². The number of ether oxygens (including phenoxy) is 2. The number of benzene rings is 1. The standard InChI is InChI=1S/C15H24N2O2/c1-16-8-12-4-6-13(7-5-12)9-17-10-14(18-2)15(11-17)19-3/h4-7,14-16H,8-11H2,1-3H3. The highest BCUT2D eigenvalue weighted by Crippen LogP contribution is 2.18. The molecule has 1 heterocycles. The van der Waals surface area contributed by atoms with Gasteiger partial charge in [-0.3, -0.25) is 4.90 Å². The van der Waals surface area contributed by atoms with Gasteiger partial charge in [-0.2, -0.15) is 0 Å². The maximum atomic E-state index is 5.46. The van der Waals surface area contributed by atoms with Gasteiger partial charge in [0.25, 0.3) is 0 Å². The van der Waals surface area contributed by atoms with Gasteiger partial charge in [-0.15, -0.1) is 0 Å². The van der Waals surface area contributed by atoms with Crippen LogP contribution in [0.4, 0.5) is 0 Å². The molecule has 1 fully saturated rings. The van der Waals surface area contributed by atoms with Crippen LogP contribution in [0.5, 0.6) is 0 Å². The van der Waals surface area contributed by atoms with Gasteiger partial charge >= 0.3 is 0 Å². The summed E-state index contributed by atoms with van der Waals surface area (Å²) in [6.07, 6.45) is 0.377. The van der Waals surface area contributed by atoms with Gasteiger partial charge in [-0.1, -0.05) is 24.3 Å². The Balaban J connectivity index is 1.91. The van der Waals surface area contributed by atoms with Crippen molar-refractivity contribution in [2.45, 2.75) is 25.3 Å². The van der Waals surface area contributed by atoms with Crippen LogP contribution in [0.15, 0.2) is 24.3 Å². The quantitative estimate of drug-likeness (QED) is 0.838. The van der Waals surface area contributed by atoms with E-state index >= 15 is 0 Å². The fourth-order valence-corrected chi connectivity index (χ4v) is 2.63. The Morgan fingerprint density at radius 2 is 1.58 bits per heavy atom. The first-order chi connectivity index (χ1) is 9.26. The van der Waals surface area contributed by atoms with Crippen LogP contribution in [0.2, 0.25) is 0 Å². The maximum Gasteiger partial charge on any atom is 0.0971 e. The van der Waals surface area contributed by atoms with Crippen LogP contribution in [0.25, 0.3) is 0 Å². The molecule has 0 radical (unpaired) electrons. The van der Waals surface area contributed by atoms with Crippen molar-refractivity contribution in [1.82, 2.24) is 10.2 Å². The van der Waals surface area contributed by atoms with E-state index in [1.807, 2.05) is 7.05 Å². The lowest BCUT2D eigenvalue weighted by Gasteiger charge is -2.15. The molecule has 0 spiro atoms. The molecule has 0 aromatic heterocycles. The smallest absolute Gasteiger partial charge is 0.0971 e. The lowest BCUT2D eigenvalue weighted by atomic mass is 10.1. The first-order valence-corrected chi connectivity index (χ1v) is 6.77. The molecule has 2 rings (SSSR count). The third-order valence-corrected chi connectivity index (χ3v) is 3.71. The lowest BCUT2D eigenvalue weighted by molar-refractivity contribution is -0.00461. The highest BCUT2D eigenvalue weighted by Gasteiger charge is 2.32. The summed E-state index contributed by atoms with van der Waals surface area (Å²) >= 11 is 0. The predicted molar refractivity (Wildman–Crippen MR) is 76.1 cm³/mol. The molecule has 0 aliphatic carbocycles. The van der Waals surface area contributed by atoms with Crippen LogP contribution < -0.4 is 5.32 Å². The summed E-state index contributed by atoms with van der Waals surface area (Å²) in [4.78, 5) is 2.38. The van der Waals surface area contributed by atoms with Gasteiger partial charge in [0.1, 0.15) is 0 Å². The maximum absolute atomic E-state index is 5.46. The van der Waals surface area contributed by atoms with E-state index in [-0.39, 0.29) is 12.2 Å². The van der Waals surface area contributed by atoms with E-state index in [9.17, 15) is 0 Å². The molecule has 2 atom stereocenters. The minimum absolute atomic E-state index is 0.188. The molecule has 0 saturated carbocycles. The van der Waals surface area contributed by atoms with Crippen molar-refractivity contribution < 1.29 is 9.47 Å². The van der Waals surface area contributed by atoms with E-state index < -0.39 is 0 Å². The summed E-state index contributed by atoms with van der Waals surface area (Å²) < 4.78 is 10.9. The van der Waals surface area contributed by atoms with Crippen LogP contribution >= 0.6 is 0 Å². The van der Waals surface area contributed by atoms with Gasteiger partial charge in [0.2, 0.25) is 0 Å². The number of methoxy groups -OCH3 is 2. The van der Waals surface area contributed by atoms with Gasteiger partial charge in [-0.25, -0.2) is 0 Å². The normalized spacial score (nSPS) is 23.9. The Labute approximate surface area is 115 Å². The molecule has 4 nitrogen and oxygen atoms in total. The minimum atomic E-state index is 0.188. The first kappa shape index (κ1) is 14.5. The molecule has 0 bridgehead atoms. The van der Waals surface area contributed by atoms with E-state index in [1.165, 1.54) is 11.1 Å². The predicted octanol–water partition coefficient (Wildman–Crippen LogP) is 1.25. The molecule has 1 aromatic carbocycles. The van der Waals surface area contributed by atoms with E-state index in [4.69, 9.17) is 9.47 Å². The summed E-state index contributed by atoms with van der Waals surface area (Å²) in [5.41, 5.74) is 2.66. The molecule has 1 N–H and O–H groups in total. The highest BCUT2D eigenvalue weighted by atomic mass is 16.5. The second-order valence-corrected chi connectivity index (χ2v) is 5.09. The van der Waals surface area contributed by atoms with Crippen LogP contribution in [-0.2, 0) is 22.6 Å². The number of nitrogens with one attached hydrogen (secondary N) is 1. The van der Waals surface area contributed by atoms with Crippen LogP contribution in [0.3, 0.4) is 0 Å². The fraction of sp³-hybridized carbons (Fsp3) is 0.600. The average Bonchev–Trinajstić information content (AvgIpc) is 2.83. The number of hydrogen-bond donors (Lipinski definition) is 1. The molecule has 19 heavy (non-hydrogen) atoms. The molecule has 4 heteroatoms. The average molecular weight is 264 g/mol. The van der Waals surface area contributed by atoms with Crippen molar-refractivity contribution in [3.05, 3.63) is 35.4 Å². The topological polar surface area (TPSA) is 33.7 Å². The van der Waals surface area contributed by atoms with Gasteiger partial charge in [0.05, 0.1) is 12.2 Å². The van der Waals surface area contributed by atoms with E-state index in [0.29, 0.717) is 0 Å². The second-order valence-electron chi connectivity index (χ2n) is 5.09. The molecule has 106 valence electrons. The van der Waals surface area contributed by atoms with E-state index in [1.54, 1.807) is 14.2 Å². The zero-order valence-corrected chi connectivity index (χ0v) is 12.1. The molecular weight excluding hydrogens is 240 g/mol. The Morgan fingerprint density at radius 1 is 1.05 bits per heavy atom. The molecule has 2 unspecified atom stereocenters. The largest absolute Gasteiger partial charge is 0.377 e. The third-order valence-electron chi connectivity index (χ3n) is 3.71. The van der Waals surface area contributed by atoms with Crippen LogP contribution in [0, 0.1) is 0 Å². The fourth-order valence-electron chi connectivity index (χ4n) is 2.63. The minimum Gasteiger partial charge on any atom is -0.377 e. The number of nitrogens with zero attached hydrogens (tertiary/aromatic N) is 1. The molecule has 1 saturated heterocycles. The zero-order chi connectivity index (χ0) is 13.7. The number of hydrogen-bond acceptors (Lipinski definition) is 4.